The molecule has 2 rings (SSSR count). The van der Waals surface area contributed by atoms with Gasteiger partial charge in [-0.2, -0.15) is 0 Å². The number of aromatic carboxylic acids is 1. The van der Waals surface area contributed by atoms with Gasteiger partial charge in [-0.1, -0.05) is 11.6 Å². The summed E-state index contributed by atoms with van der Waals surface area (Å²) in [6.07, 6.45) is 6.84. The molecule has 1 heterocycles. The number of rotatable bonds is 4. The van der Waals surface area contributed by atoms with Gasteiger partial charge in [-0.3, -0.25) is 4.79 Å². The standard InChI is InChI=1S/C14H17NO3S/c1-9-7-11(14(17)18)13(19-9)15-12(16)8-10-5-3-2-4-6-10/h5,7H,2-4,6,8H2,1H3,(H,15,16)(H,17,18). The fraction of sp³-hybridized carbons (Fsp3) is 0.429. The van der Waals surface area contributed by atoms with Crippen molar-refractivity contribution in [3.05, 3.63) is 28.2 Å². The number of carbonyl (C=O) groups is 2. The SMILES string of the molecule is Cc1cc(C(=O)O)c(NC(=O)CC2=CCCCC2)s1. The van der Waals surface area contributed by atoms with Crippen LogP contribution in [0.4, 0.5) is 5.00 Å². The Kier molecular flexibility index (Phi) is 4.37. The Labute approximate surface area is 116 Å². The van der Waals surface area contributed by atoms with Gasteiger partial charge in [0, 0.05) is 11.3 Å². The minimum Gasteiger partial charge on any atom is -0.478 e. The fourth-order valence-corrected chi connectivity index (χ4v) is 3.13. The van der Waals surface area contributed by atoms with E-state index in [0.29, 0.717) is 11.4 Å². The summed E-state index contributed by atoms with van der Waals surface area (Å²) >= 11 is 1.30. The van der Waals surface area contributed by atoms with Crippen LogP contribution in [-0.2, 0) is 4.79 Å². The van der Waals surface area contributed by atoms with Gasteiger partial charge in [-0.05, 0) is 38.7 Å². The lowest BCUT2D eigenvalue weighted by Gasteiger charge is -2.12. The van der Waals surface area contributed by atoms with E-state index in [1.807, 2.05) is 6.92 Å². The molecule has 102 valence electrons. The Morgan fingerprint density at radius 3 is 2.84 bits per heavy atom. The highest BCUT2D eigenvalue weighted by Crippen LogP contribution is 2.28. The van der Waals surface area contributed by atoms with Gasteiger partial charge in [0.15, 0.2) is 0 Å². The van der Waals surface area contributed by atoms with E-state index in [0.717, 1.165) is 29.7 Å². The minimum absolute atomic E-state index is 0.127. The Morgan fingerprint density at radius 2 is 2.21 bits per heavy atom. The van der Waals surface area contributed by atoms with Crippen molar-refractivity contribution in [3.8, 4) is 0 Å². The second kappa shape index (κ2) is 6.02. The summed E-state index contributed by atoms with van der Waals surface area (Å²) in [5.74, 6) is -1.13. The van der Waals surface area contributed by atoms with E-state index in [-0.39, 0.29) is 11.5 Å². The van der Waals surface area contributed by atoms with E-state index < -0.39 is 5.97 Å². The van der Waals surface area contributed by atoms with Crippen molar-refractivity contribution < 1.29 is 14.7 Å². The van der Waals surface area contributed by atoms with Crippen molar-refractivity contribution in [3.63, 3.8) is 0 Å². The van der Waals surface area contributed by atoms with Crippen LogP contribution in [0, 0.1) is 6.92 Å². The first-order chi connectivity index (χ1) is 9.06. The summed E-state index contributed by atoms with van der Waals surface area (Å²) < 4.78 is 0. The maximum Gasteiger partial charge on any atom is 0.338 e. The number of carbonyl (C=O) groups excluding carboxylic acids is 1. The van der Waals surface area contributed by atoms with Gasteiger partial charge in [0.25, 0.3) is 0 Å². The number of carboxylic acids is 1. The highest BCUT2D eigenvalue weighted by atomic mass is 32.1. The van der Waals surface area contributed by atoms with Crippen molar-refractivity contribution >= 4 is 28.2 Å². The maximum atomic E-state index is 11.9. The smallest absolute Gasteiger partial charge is 0.338 e. The van der Waals surface area contributed by atoms with Crippen LogP contribution in [0.2, 0.25) is 0 Å². The first-order valence-electron chi connectivity index (χ1n) is 6.38. The Balaban J connectivity index is 2.02. The molecular formula is C14H17NO3S. The van der Waals surface area contributed by atoms with Gasteiger partial charge in [-0.25, -0.2) is 4.79 Å². The molecule has 1 aromatic rings. The highest BCUT2D eigenvalue weighted by molar-refractivity contribution is 7.16. The number of thiophene rings is 1. The van der Waals surface area contributed by atoms with E-state index >= 15 is 0 Å². The Bertz CT molecular complexity index is 531. The van der Waals surface area contributed by atoms with Crippen LogP contribution in [0.5, 0.6) is 0 Å². The van der Waals surface area contributed by atoms with E-state index in [1.165, 1.54) is 17.8 Å². The number of anilines is 1. The Hall–Kier alpha value is -1.62. The number of hydrogen-bond donors (Lipinski definition) is 2. The van der Waals surface area contributed by atoms with E-state index in [1.54, 1.807) is 6.07 Å². The van der Waals surface area contributed by atoms with Crippen LogP contribution in [0.1, 0.15) is 47.3 Å². The molecule has 0 saturated carbocycles. The van der Waals surface area contributed by atoms with Crippen molar-refractivity contribution in [2.75, 3.05) is 5.32 Å². The summed E-state index contributed by atoms with van der Waals surface area (Å²) in [5, 5.41) is 12.2. The van der Waals surface area contributed by atoms with Crippen molar-refractivity contribution in [2.24, 2.45) is 0 Å². The minimum atomic E-state index is -1.00. The summed E-state index contributed by atoms with van der Waals surface area (Å²) in [4.78, 5) is 23.9. The van der Waals surface area contributed by atoms with Crippen molar-refractivity contribution in [1.29, 1.82) is 0 Å². The average molecular weight is 279 g/mol. The molecule has 0 radical (unpaired) electrons. The zero-order chi connectivity index (χ0) is 13.8. The zero-order valence-electron chi connectivity index (χ0n) is 10.9. The molecule has 0 aliphatic heterocycles. The van der Waals surface area contributed by atoms with Crippen LogP contribution < -0.4 is 5.32 Å². The van der Waals surface area contributed by atoms with Crippen LogP contribution in [-0.4, -0.2) is 17.0 Å². The topological polar surface area (TPSA) is 66.4 Å². The molecule has 1 amide bonds. The lowest BCUT2D eigenvalue weighted by molar-refractivity contribution is -0.115. The second-order valence-corrected chi connectivity index (χ2v) is 5.99. The van der Waals surface area contributed by atoms with Gasteiger partial charge in [0.2, 0.25) is 5.91 Å². The predicted molar refractivity (Wildman–Crippen MR) is 75.8 cm³/mol. The molecule has 2 N–H and O–H groups in total. The molecule has 0 spiro atoms. The molecular weight excluding hydrogens is 262 g/mol. The fourth-order valence-electron chi connectivity index (χ4n) is 2.21. The van der Waals surface area contributed by atoms with Crippen LogP contribution >= 0.6 is 11.3 Å². The average Bonchev–Trinajstić information content (AvgIpc) is 2.71. The summed E-state index contributed by atoms with van der Waals surface area (Å²) in [5.41, 5.74) is 1.34. The number of nitrogens with one attached hydrogen (secondary N) is 1. The van der Waals surface area contributed by atoms with E-state index in [2.05, 4.69) is 11.4 Å². The van der Waals surface area contributed by atoms with Crippen LogP contribution in [0.25, 0.3) is 0 Å². The maximum absolute atomic E-state index is 11.9. The molecule has 1 aromatic heterocycles. The highest BCUT2D eigenvalue weighted by Gasteiger charge is 2.16. The molecule has 0 bridgehead atoms. The van der Waals surface area contributed by atoms with E-state index in [4.69, 9.17) is 5.11 Å². The predicted octanol–water partition coefficient (Wildman–Crippen LogP) is 3.58. The lowest BCUT2D eigenvalue weighted by Crippen LogP contribution is -2.14. The van der Waals surface area contributed by atoms with E-state index in [9.17, 15) is 9.59 Å². The molecule has 4 nitrogen and oxygen atoms in total. The summed E-state index contributed by atoms with van der Waals surface area (Å²) in [6.45, 7) is 1.83. The van der Waals surface area contributed by atoms with Crippen LogP contribution in [0.15, 0.2) is 17.7 Å². The molecule has 5 heteroatoms. The lowest BCUT2D eigenvalue weighted by atomic mass is 9.97. The van der Waals surface area contributed by atoms with Crippen molar-refractivity contribution in [2.45, 2.75) is 39.0 Å². The molecule has 0 unspecified atom stereocenters. The van der Waals surface area contributed by atoms with Gasteiger partial charge in [0.05, 0.1) is 5.56 Å². The molecule has 0 aromatic carbocycles. The number of hydrogen-bond acceptors (Lipinski definition) is 3. The van der Waals surface area contributed by atoms with Gasteiger partial charge < -0.3 is 10.4 Å². The second-order valence-electron chi connectivity index (χ2n) is 4.74. The third-order valence-corrected chi connectivity index (χ3v) is 4.08. The Morgan fingerprint density at radius 1 is 1.42 bits per heavy atom. The number of aryl methyl sites for hydroxylation is 1. The zero-order valence-corrected chi connectivity index (χ0v) is 11.7. The molecule has 1 aliphatic rings. The third-order valence-electron chi connectivity index (χ3n) is 3.11. The number of allylic oxidation sites excluding steroid dienone is 1. The molecule has 0 fully saturated rings. The van der Waals surface area contributed by atoms with Gasteiger partial charge >= 0.3 is 5.97 Å². The van der Waals surface area contributed by atoms with Crippen LogP contribution in [0.3, 0.4) is 0 Å². The monoisotopic (exact) mass is 279 g/mol. The molecule has 0 atom stereocenters. The largest absolute Gasteiger partial charge is 0.478 e. The number of carboxylic acid groups (broad SMARTS) is 1. The molecule has 1 aliphatic carbocycles. The van der Waals surface area contributed by atoms with Gasteiger partial charge in [0.1, 0.15) is 5.00 Å². The first kappa shape index (κ1) is 13.8. The summed E-state index contributed by atoms with van der Waals surface area (Å²) in [6, 6.07) is 1.59. The van der Waals surface area contributed by atoms with Crippen molar-refractivity contribution in [1.82, 2.24) is 0 Å². The molecule has 19 heavy (non-hydrogen) atoms. The summed E-state index contributed by atoms with van der Waals surface area (Å²) in [7, 11) is 0. The third kappa shape index (κ3) is 3.67. The number of amides is 1. The van der Waals surface area contributed by atoms with Gasteiger partial charge in [-0.15, -0.1) is 11.3 Å². The quantitative estimate of drug-likeness (QED) is 0.828. The first-order valence-corrected chi connectivity index (χ1v) is 7.19. The molecule has 0 saturated heterocycles. The normalized spacial score (nSPS) is 14.9.